The van der Waals surface area contributed by atoms with Crippen LogP contribution in [-0.2, 0) is 11.0 Å². The summed E-state index contributed by atoms with van der Waals surface area (Å²) >= 11 is 0. The summed E-state index contributed by atoms with van der Waals surface area (Å²) in [5.41, 5.74) is 0.762. The van der Waals surface area contributed by atoms with E-state index in [2.05, 4.69) is 25.6 Å². The molecule has 0 saturated heterocycles. The molecule has 7 nitrogen and oxygen atoms in total. The van der Waals surface area contributed by atoms with Gasteiger partial charge in [-0.15, -0.1) is 0 Å². The lowest BCUT2D eigenvalue weighted by molar-refractivity contribution is -0.136. The van der Waals surface area contributed by atoms with E-state index in [-0.39, 0.29) is 40.5 Å². The van der Waals surface area contributed by atoms with E-state index in [0.29, 0.717) is 17.9 Å². The molecule has 0 aliphatic heterocycles. The number of halogens is 3. The van der Waals surface area contributed by atoms with E-state index in [1.165, 1.54) is 7.11 Å². The number of hydrogen-bond donors (Lipinski definition) is 3. The summed E-state index contributed by atoms with van der Waals surface area (Å²) < 4.78 is 46.6. The number of nitrogens with zero attached hydrogens (tertiary/aromatic N) is 2. The lowest BCUT2D eigenvalue weighted by Crippen LogP contribution is -2.23. The smallest absolute Gasteiger partial charge is 0.418 e. The zero-order valence-electron chi connectivity index (χ0n) is 19.5. The maximum absolute atomic E-state index is 13.7. The van der Waals surface area contributed by atoms with E-state index >= 15 is 0 Å². The highest BCUT2D eigenvalue weighted by Crippen LogP contribution is 2.40. The normalized spacial score (nSPS) is 19.3. The molecule has 2 saturated carbocycles. The SMILES string of the molecule is COc1cc(C2CCCC2=O)ccc1Nc1nc(NC2CCCCC2)c2c(C(F)(F)F)c[nH]c2n1. The Hall–Kier alpha value is -3.30. The van der Waals surface area contributed by atoms with E-state index in [1.807, 2.05) is 12.1 Å². The van der Waals surface area contributed by atoms with Crippen molar-refractivity contribution in [2.75, 3.05) is 17.7 Å². The zero-order chi connectivity index (χ0) is 24.6. The van der Waals surface area contributed by atoms with Crippen molar-refractivity contribution in [3.63, 3.8) is 0 Å². The Balaban J connectivity index is 1.50. The van der Waals surface area contributed by atoms with Crippen LogP contribution < -0.4 is 15.4 Å². The van der Waals surface area contributed by atoms with E-state index in [4.69, 9.17) is 4.74 Å². The molecular weight excluding hydrogens is 459 g/mol. The van der Waals surface area contributed by atoms with E-state index in [0.717, 1.165) is 56.7 Å². The highest BCUT2D eigenvalue weighted by atomic mass is 19.4. The summed E-state index contributed by atoms with van der Waals surface area (Å²) in [6, 6.07) is 5.54. The number of ether oxygens (including phenoxy) is 1. The highest BCUT2D eigenvalue weighted by Gasteiger charge is 2.36. The van der Waals surface area contributed by atoms with Gasteiger partial charge in [0.25, 0.3) is 0 Å². The number of aromatic nitrogens is 3. The molecule has 1 atom stereocenters. The fourth-order valence-electron chi connectivity index (χ4n) is 5.17. The number of hydrogen-bond acceptors (Lipinski definition) is 6. The van der Waals surface area contributed by atoms with Crippen LogP contribution in [0.25, 0.3) is 11.0 Å². The summed E-state index contributed by atoms with van der Waals surface area (Å²) in [5.74, 6) is 0.915. The van der Waals surface area contributed by atoms with Crippen molar-refractivity contribution in [2.24, 2.45) is 0 Å². The van der Waals surface area contributed by atoms with Gasteiger partial charge in [-0.3, -0.25) is 4.79 Å². The number of anilines is 3. The van der Waals surface area contributed by atoms with Crippen molar-refractivity contribution in [3.8, 4) is 5.75 Å². The topological polar surface area (TPSA) is 91.9 Å². The van der Waals surface area contributed by atoms with Crippen molar-refractivity contribution >= 4 is 34.3 Å². The zero-order valence-corrected chi connectivity index (χ0v) is 19.5. The Labute approximate surface area is 200 Å². The molecule has 35 heavy (non-hydrogen) atoms. The second-order valence-electron chi connectivity index (χ2n) is 9.29. The highest BCUT2D eigenvalue weighted by molar-refractivity contribution is 5.92. The van der Waals surface area contributed by atoms with Crippen molar-refractivity contribution in [1.82, 2.24) is 15.0 Å². The van der Waals surface area contributed by atoms with Gasteiger partial charge in [-0.25, -0.2) is 0 Å². The maximum Gasteiger partial charge on any atom is 0.418 e. The number of ketones is 1. The largest absolute Gasteiger partial charge is 0.495 e. The van der Waals surface area contributed by atoms with E-state index in [1.54, 1.807) is 6.07 Å². The first-order valence-corrected chi connectivity index (χ1v) is 12.0. The molecule has 0 spiro atoms. The summed E-state index contributed by atoms with van der Waals surface area (Å²) in [4.78, 5) is 23.6. The molecule has 1 aromatic carbocycles. The lowest BCUT2D eigenvalue weighted by atomic mass is 9.95. The second-order valence-corrected chi connectivity index (χ2v) is 9.29. The Morgan fingerprint density at radius 1 is 1.09 bits per heavy atom. The molecule has 3 N–H and O–H groups in total. The summed E-state index contributed by atoms with van der Waals surface area (Å²) in [6.45, 7) is 0. The molecule has 1 unspecified atom stereocenters. The fraction of sp³-hybridized carbons (Fsp3) is 0.480. The van der Waals surface area contributed by atoms with E-state index in [9.17, 15) is 18.0 Å². The van der Waals surface area contributed by atoms with Gasteiger partial charge >= 0.3 is 6.18 Å². The number of methoxy groups -OCH3 is 1. The van der Waals surface area contributed by atoms with Gasteiger partial charge in [0.15, 0.2) is 0 Å². The maximum atomic E-state index is 13.7. The van der Waals surface area contributed by atoms with Crippen molar-refractivity contribution in [1.29, 1.82) is 0 Å². The third kappa shape index (κ3) is 4.78. The third-order valence-electron chi connectivity index (χ3n) is 6.96. The second kappa shape index (κ2) is 9.39. The quantitative estimate of drug-likeness (QED) is 0.377. The average Bonchev–Trinajstić information content (AvgIpc) is 3.46. The first kappa shape index (κ1) is 23.4. The predicted molar refractivity (Wildman–Crippen MR) is 127 cm³/mol. The van der Waals surface area contributed by atoms with E-state index < -0.39 is 11.7 Å². The number of fused-ring (bicyclic) bond motifs is 1. The summed E-state index contributed by atoms with van der Waals surface area (Å²) in [5, 5.41) is 6.29. The number of alkyl halides is 3. The van der Waals surface area contributed by atoms with Crippen LogP contribution in [0.5, 0.6) is 5.75 Å². The van der Waals surface area contributed by atoms with Crippen LogP contribution >= 0.6 is 0 Å². The molecule has 3 aromatic rings. The van der Waals surface area contributed by atoms with Gasteiger partial charge in [0.1, 0.15) is 23.0 Å². The predicted octanol–water partition coefficient (Wildman–Crippen LogP) is 6.31. The third-order valence-corrected chi connectivity index (χ3v) is 6.96. The monoisotopic (exact) mass is 487 g/mol. The molecule has 2 aliphatic carbocycles. The molecule has 0 radical (unpaired) electrons. The van der Waals surface area contributed by atoms with Crippen LogP contribution in [0.1, 0.15) is 68.4 Å². The first-order valence-electron chi connectivity index (χ1n) is 12.0. The molecule has 10 heteroatoms. The van der Waals surface area contributed by atoms with Crippen molar-refractivity contribution < 1.29 is 22.7 Å². The Morgan fingerprint density at radius 3 is 2.57 bits per heavy atom. The number of aromatic amines is 1. The van der Waals surface area contributed by atoms with Crippen LogP contribution in [0.2, 0.25) is 0 Å². The van der Waals surface area contributed by atoms with Crippen LogP contribution in [0.15, 0.2) is 24.4 Å². The Kier molecular flexibility index (Phi) is 6.29. The minimum Gasteiger partial charge on any atom is -0.495 e. The number of benzene rings is 1. The molecule has 0 bridgehead atoms. The number of carbonyl (C=O) groups is 1. The van der Waals surface area contributed by atoms with Crippen molar-refractivity contribution in [3.05, 3.63) is 35.5 Å². The lowest BCUT2D eigenvalue weighted by Gasteiger charge is -2.24. The van der Waals surface area contributed by atoms with Gasteiger partial charge in [0.2, 0.25) is 5.95 Å². The summed E-state index contributed by atoms with van der Waals surface area (Å²) in [6.07, 6.45) is 3.65. The molecular formula is C25H28F3N5O2. The minimum absolute atomic E-state index is 0.0588. The van der Waals surface area contributed by atoms with Crippen LogP contribution in [-0.4, -0.2) is 33.9 Å². The molecule has 0 amide bonds. The van der Waals surface area contributed by atoms with Gasteiger partial charge in [-0.2, -0.15) is 23.1 Å². The van der Waals surface area contributed by atoms with Gasteiger partial charge in [0.05, 0.1) is 23.7 Å². The van der Waals surface area contributed by atoms with Crippen LogP contribution in [0.4, 0.5) is 30.6 Å². The molecule has 2 aromatic heterocycles. The molecule has 2 heterocycles. The average molecular weight is 488 g/mol. The Bertz CT molecular complexity index is 1230. The number of rotatable bonds is 6. The van der Waals surface area contributed by atoms with Gasteiger partial charge in [0, 0.05) is 24.6 Å². The molecule has 2 aliphatic rings. The number of H-pyrrole nitrogens is 1. The van der Waals surface area contributed by atoms with Gasteiger partial charge < -0.3 is 20.4 Å². The standard InChI is InChI=1S/C25H28F3N5O2/c1-35-20-12-14(16-8-5-9-19(16)34)10-11-18(20)31-24-32-22-21(17(13-29-22)25(26,27)28)23(33-24)30-15-6-3-2-4-7-15/h10-13,15-16H,2-9H2,1H3,(H3,29,30,31,32,33). The number of carbonyl (C=O) groups excluding carboxylic acids is 1. The molecule has 186 valence electrons. The van der Waals surface area contributed by atoms with Crippen LogP contribution in [0.3, 0.4) is 0 Å². The van der Waals surface area contributed by atoms with Crippen LogP contribution in [0, 0.1) is 0 Å². The van der Waals surface area contributed by atoms with Gasteiger partial charge in [-0.05, 0) is 43.4 Å². The number of Topliss-reactive ketones (excluding diaryl/α,β-unsaturated/α-hetero) is 1. The van der Waals surface area contributed by atoms with Gasteiger partial charge in [-0.1, -0.05) is 25.3 Å². The number of nitrogens with one attached hydrogen (secondary N) is 3. The first-order chi connectivity index (χ1) is 16.8. The molecule has 5 rings (SSSR count). The summed E-state index contributed by atoms with van der Waals surface area (Å²) in [7, 11) is 1.53. The molecule has 2 fully saturated rings. The minimum atomic E-state index is -4.53. The van der Waals surface area contributed by atoms with Crippen molar-refractivity contribution in [2.45, 2.75) is 69.5 Å². The fourth-order valence-corrected chi connectivity index (χ4v) is 5.17. The Morgan fingerprint density at radius 2 is 1.89 bits per heavy atom.